The second kappa shape index (κ2) is 6.31. The first-order valence-electron chi connectivity index (χ1n) is 6.04. The molecule has 6 nitrogen and oxygen atoms in total. The molecular formula is C11H22N4O2S. The number of hydrogen-bond donors (Lipinski definition) is 2. The Balaban J connectivity index is 2.42. The van der Waals surface area contributed by atoms with Crippen molar-refractivity contribution in [1.29, 1.82) is 0 Å². The minimum atomic E-state index is -3.43. The summed E-state index contributed by atoms with van der Waals surface area (Å²) in [5.41, 5.74) is 0.557. The van der Waals surface area contributed by atoms with Gasteiger partial charge < -0.3 is 4.90 Å². The average molecular weight is 274 g/mol. The minimum Gasteiger partial charge on any atom is -0.304 e. The van der Waals surface area contributed by atoms with Crippen molar-refractivity contribution in [3.63, 3.8) is 0 Å². The number of H-pyrrole nitrogens is 1. The van der Waals surface area contributed by atoms with Crippen LogP contribution in [0.5, 0.6) is 0 Å². The Bertz CT molecular complexity index is 467. The van der Waals surface area contributed by atoms with E-state index in [4.69, 9.17) is 0 Å². The van der Waals surface area contributed by atoms with Crippen LogP contribution in [-0.4, -0.2) is 49.7 Å². The van der Waals surface area contributed by atoms with E-state index in [2.05, 4.69) is 33.7 Å². The SMILES string of the molecule is Cc1[nH]ncc1S(=O)(=O)NCCCN(C)C(C)C. The molecule has 0 aromatic carbocycles. The van der Waals surface area contributed by atoms with Crippen LogP contribution in [0, 0.1) is 6.92 Å². The van der Waals surface area contributed by atoms with Crippen LogP contribution in [0.15, 0.2) is 11.1 Å². The van der Waals surface area contributed by atoms with Gasteiger partial charge in [-0.05, 0) is 40.8 Å². The summed E-state index contributed by atoms with van der Waals surface area (Å²) in [5.74, 6) is 0. The van der Waals surface area contributed by atoms with Crippen molar-refractivity contribution in [3.05, 3.63) is 11.9 Å². The lowest BCUT2D eigenvalue weighted by Gasteiger charge is -2.20. The van der Waals surface area contributed by atoms with Crippen LogP contribution < -0.4 is 4.72 Å². The van der Waals surface area contributed by atoms with Gasteiger partial charge >= 0.3 is 0 Å². The third-order valence-corrected chi connectivity index (χ3v) is 4.51. The Labute approximate surface area is 109 Å². The van der Waals surface area contributed by atoms with Crippen LogP contribution in [0.1, 0.15) is 26.0 Å². The summed E-state index contributed by atoms with van der Waals surface area (Å²) >= 11 is 0. The Morgan fingerprint density at radius 2 is 2.17 bits per heavy atom. The van der Waals surface area contributed by atoms with Gasteiger partial charge in [0.15, 0.2) is 0 Å². The zero-order valence-corrected chi connectivity index (χ0v) is 12.2. The number of rotatable bonds is 7. The van der Waals surface area contributed by atoms with Crippen LogP contribution in [0.25, 0.3) is 0 Å². The van der Waals surface area contributed by atoms with Gasteiger partial charge in [0.25, 0.3) is 0 Å². The molecule has 0 saturated carbocycles. The number of nitrogens with zero attached hydrogens (tertiary/aromatic N) is 2. The highest BCUT2D eigenvalue weighted by Crippen LogP contribution is 2.10. The summed E-state index contributed by atoms with van der Waals surface area (Å²) in [6.07, 6.45) is 2.11. The summed E-state index contributed by atoms with van der Waals surface area (Å²) < 4.78 is 26.4. The number of sulfonamides is 1. The molecule has 1 heterocycles. The van der Waals surface area contributed by atoms with Gasteiger partial charge in [-0.1, -0.05) is 0 Å². The molecule has 2 N–H and O–H groups in total. The van der Waals surface area contributed by atoms with E-state index in [9.17, 15) is 8.42 Å². The van der Waals surface area contributed by atoms with E-state index in [1.807, 2.05) is 7.05 Å². The van der Waals surface area contributed by atoms with E-state index >= 15 is 0 Å². The van der Waals surface area contributed by atoms with Crippen molar-refractivity contribution < 1.29 is 8.42 Å². The molecule has 0 radical (unpaired) electrons. The van der Waals surface area contributed by atoms with E-state index in [0.29, 0.717) is 18.3 Å². The van der Waals surface area contributed by atoms with Crippen molar-refractivity contribution in [2.24, 2.45) is 0 Å². The topological polar surface area (TPSA) is 78.1 Å². The largest absolute Gasteiger partial charge is 0.304 e. The van der Waals surface area contributed by atoms with Crippen molar-refractivity contribution >= 4 is 10.0 Å². The lowest BCUT2D eigenvalue weighted by atomic mass is 10.3. The van der Waals surface area contributed by atoms with Crippen LogP contribution in [0.4, 0.5) is 0 Å². The third-order valence-electron chi connectivity index (χ3n) is 2.93. The minimum absolute atomic E-state index is 0.222. The predicted molar refractivity (Wildman–Crippen MR) is 70.9 cm³/mol. The molecule has 1 aromatic heterocycles. The molecule has 104 valence electrons. The maximum Gasteiger partial charge on any atom is 0.243 e. The quantitative estimate of drug-likeness (QED) is 0.718. The third kappa shape index (κ3) is 4.08. The molecule has 0 amide bonds. The molecule has 1 aromatic rings. The molecule has 0 aliphatic rings. The molecule has 7 heteroatoms. The van der Waals surface area contributed by atoms with Gasteiger partial charge in [-0.2, -0.15) is 5.10 Å². The fourth-order valence-electron chi connectivity index (χ4n) is 1.48. The van der Waals surface area contributed by atoms with E-state index in [0.717, 1.165) is 13.0 Å². The van der Waals surface area contributed by atoms with Gasteiger partial charge in [0, 0.05) is 12.6 Å². The van der Waals surface area contributed by atoms with Crippen LogP contribution in [-0.2, 0) is 10.0 Å². The molecular weight excluding hydrogens is 252 g/mol. The lowest BCUT2D eigenvalue weighted by Crippen LogP contribution is -2.31. The smallest absolute Gasteiger partial charge is 0.243 e. The van der Waals surface area contributed by atoms with Gasteiger partial charge in [-0.15, -0.1) is 0 Å². The van der Waals surface area contributed by atoms with Gasteiger partial charge in [-0.3, -0.25) is 5.10 Å². The van der Waals surface area contributed by atoms with Crippen molar-refractivity contribution in [1.82, 2.24) is 19.8 Å². The maximum absolute atomic E-state index is 11.9. The van der Waals surface area contributed by atoms with E-state index in [1.165, 1.54) is 6.20 Å². The molecule has 0 unspecified atom stereocenters. The summed E-state index contributed by atoms with van der Waals surface area (Å²) in [5, 5.41) is 6.34. The van der Waals surface area contributed by atoms with Gasteiger partial charge in [0.1, 0.15) is 4.90 Å². The van der Waals surface area contributed by atoms with E-state index < -0.39 is 10.0 Å². The van der Waals surface area contributed by atoms with Gasteiger partial charge in [0.05, 0.1) is 11.9 Å². The highest BCUT2D eigenvalue weighted by Gasteiger charge is 2.17. The molecule has 0 aliphatic carbocycles. The van der Waals surface area contributed by atoms with Crippen LogP contribution in [0.3, 0.4) is 0 Å². The monoisotopic (exact) mass is 274 g/mol. The Morgan fingerprint density at radius 3 is 2.67 bits per heavy atom. The first-order valence-corrected chi connectivity index (χ1v) is 7.53. The van der Waals surface area contributed by atoms with Gasteiger partial charge in [0.2, 0.25) is 10.0 Å². The standard InChI is InChI=1S/C11H22N4O2S/c1-9(2)15(4)7-5-6-13-18(16,17)11-8-12-14-10(11)3/h8-9,13H,5-7H2,1-4H3,(H,12,14). The molecule has 0 bridgehead atoms. The number of nitrogens with one attached hydrogen (secondary N) is 2. The molecule has 1 rings (SSSR count). The predicted octanol–water partition coefficient (Wildman–Crippen LogP) is 0.727. The average Bonchev–Trinajstić information content (AvgIpc) is 2.71. The van der Waals surface area contributed by atoms with Crippen LogP contribution >= 0.6 is 0 Å². The second-order valence-electron chi connectivity index (χ2n) is 4.68. The Kier molecular flexibility index (Phi) is 5.30. The summed E-state index contributed by atoms with van der Waals surface area (Å²) in [4.78, 5) is 2.40. The number of aromatic nitrogens is 2. The molecule has 0 saturated heterocycles. The maximum atomic E-state index is 11.9. The first-order chi connectivity index (χ1) is 8.34. The van der Waals surface area contributed by atoms with Gasteiger partial charge in [-0.25, -0.2) is 13.1 Å². The Morgan fingerprint density at radius 1 is 1.50 bits per heavy atom. The molecule has 0 spiro atoms. The molecule has 18 heavy (non-hydrogen) atoms. The fourth-order valence-corrected chi connectivity index (χ4v) is 2.69. The molecule has 0 aliphatic heterocycles. The van der Waals surface area contributed by atoms with Crippen molar-refractivity contribution in [2.45, 2.75) is 38.1 Å². The fraction of sp³-hybridized carbons (Fsp3) is 0.727. The van der Waals surface area contributed by atoms with Crippen LogP contribution in [0.2, 0.25) is 0 Å². The highest BCUT2D eigenvalue weighted by molar-refractivity contribution is 7.89. The van der Waals surface area contributed by atoms with E-state index in [-0.39, 0.29) is 4.90 Å². The van der Waals surface area contributed by atoms with Crippen molar-refractivity contribution in [3.8, 4) is 0 Å². The number of aromatic amines is 1. The second-order valence-corrected chi connectivity index (χ2v) is 6.42. The normalized spacial score (nSPS) is 12.6. The first kappa shape index (κ1) is 15.1. The molecule has 0 fully saturated rings. The highest BCUT2D eigenvalue weighted by atomic mass is 32.2. The lowest BCUT2D eigenvalue weighted by molar-refractivity contribution is 0.271. The van der Waals surface area contributed by atoms with E-state index in [1.54, 1.807) is 6.92 Å². The number of aryl methyl sites for hydroxylation is 1. The summed E-state index contributed by atoms with van der Waals surface area (Å²) in [6.45, 7) is 7.21. The summed E-state index contributed by atoms with van der Waals surface area (Å²) in [6, 6.07) is 0.470. The zero-order valence-electron chi connectivity index (χ0n) is 11.4. The summed E-state index contributed by atoms with van der Waals surface area (Å²) in [7, 11) is -1.40. The zero-order chi connectivity index (χ0) is 13.8. The Hall–Kier alpha value is -0.920. The van der Waals surface area contributed by atoms with Crippen molar-refractivity contribution in [2.75, 3.05) is 20.1 Å². The molecule has 0 atom stereocenters. The number of hydrogen-bond acceptors (Lipinski definition) is 4.